The van der Waals surface area contributed by atoms with Crippen LogP contribution < -0.4 is 4.74 Å². The largest absolute Gasteiger partial charge is 0.486 e. The third-order valence-corrected chi connectivity index (χ3v) is 6.03. The minimum Gasteiger partial charge on any atom is -0.486 e. The monoisotopic (exact) mass is 512 g/mol. The van der Waals surface area contributed by atoms with Crippen LogP contribution in [-0.4, -0.2) is 41.8 Å². The molecule has 0 bridgehead atoms. The van der Waals surface area contributed by atoms with Crippen LogP contribution in [-0.2, 0) is 25.7 Å². The molecular formula is C25H20F4N6O2. The number of ether oxygens (including phenoxy) is 1. The van der Waals surface area contributed by atoms with Gasteiger partial charge in [0.2, 0.25) is 0 Å². The van der Waals surface area contributed by atoms with Gasteiger partial charge in [0.25, 0.3) is 11.9 Å². The second-order valence-electron chi connectivity index (χ2n) is 8.54. The molecule has 2 aromatic carbocycles. The van der Waals surface area contributed by atoms with Crippen molar-refractivity contribution < 1.29 is 27.1 Å². The second-order valence-corrected chi connectivity index (χ2v) is 8.54. The Hall–Kier alpha value is -4.35. The van der Waals surface area contributed by atoms with E-state index in [1.54, 1.807) is 6.92 Å². The smallest absolute Gasteiger partial charge is 0.419 e. The Morgan fingerprint density at radius 2 is 1.81 bits per heavy atom. The minimum atomic E-state index is -4.91. The highest BCUT2D eigenvalue weighted by molar-refractivity contribution is 5.95. The molecule has 2 aromatic heterocycles. The molecule has 0 saturated carbocycles. The minimum absolute atomic E-state index is 0.0523. The molecule has 0 radical (unpaired) electrons. The predicted molar refractivity (Wildman–Crippen MR) is 122 cm³/mol. The Balaban J connectivity index is 1.33. The van der Waals surface area contributed by atoms with Gasteiger partial charge in [-0.15, -0.1) is 5.10 Å². The van der Waals surface area contributed by atoms with E-state index in [4.69, 9.17) is 4.74 Å². The molecule has 1 aliphatic rings. The fraction of sp³-hybridized carbons (Fsp3) is 0.240. The van der Waals surface area contributed by atoms with Gasteiger partial charge in [-0.3, -0.25) is 4.79 Å². The van der Waals surface area contributed by atoms with Crippen molar-refractivity contribution in [3.8, 4) is 11.7 Å². The molecule has 1 amide bonds. The number of hydrogen-bond acceptors (Lipinski definition) is 6. The van der Waals surface area contributed by atoms with Crippen LogP contribution in [0.2, 0.25) is 0 Å². The molecule has 1 aliphatic heterocycles. The molecule has 0 fully saturated rings. The van der Waals surface area contributed by atoms with Crippen molar-refractivity contribution in [2.75, 3.05) is 0 Å². The Labute approximate surface area is 208 Å². The van der Waals surface area contributed by atoms with E-state index in [0.29, 0.717) is 29.8 Å². The Bertz CT molecular complexity index is 1420. The fourth-order valence-electron chi connectivity index (χ4n) is 4.10. The van der Waals surface area contributed by atoms with E-state index in [-0.39, 0.29) is 18.9 Å². The van der Waals surface area contributed by atoms with Crippen molar-refractivity contribution >= 4 is 5.91 Å². The summed E-state index contributed by atoms with van der Waals surface area (Å²) in [6, 6.07) is 11.8. The first kappa shape index (κ1) is 24.3. The van der Waals surface area contributed by atoms with Gasteiger partial charge in [0.05, 0.1) is 35.8 Å². The third-order valence-electron chi connectivity index (χ3n) is 6.03. The summed E-state index contributed by atoms with van der Waals surface area (Å²) >= 11 is 0. The van der Waals surface area contributed by atoms with Crippen molar-refractivity contribution in [3.05, 3.63) is 94.8 Å². The quantitative estimate of drug-likeness (QED) is 0.369. The molecule has 3 heterocycles. The number of hydrogen-bond donors (Lipinski definition) is 0. The first-order valence-electron chi connectivity index (χ1n) is 11.3. The molecule has 1 unspecified atom stereocenters. The summed E-state index contributed by atoms with van der Waals surface area (Å²) in [7, 11) is 0. The van der Waals surface area contributed by atoms with Crippen LogP contribution in [0.3, 0.4) is 0 Å². The molecule has 0 aliphatic carbocycles. The lowest BCUT2D eigenvalue weighted by Crippen LogP contribution is -2.43. The van der Waals surface area contributed by atoms with E-state index in [9.17, 15) is 22.4 Å². The van der Waals surface area contributed by atoms with Crippen molar-refractivity contribution in [1.82, 2.24) is 29.9 Å². The van der Waals surface area contributed by atoms with Gasteiger partial charge in [0.1, 0.15) is 18.1 Å². The van der Waals surface area contributed by atoms with Gasteiger partial charge in [-0.2, -0.15) is 17.9 Å². The van der Waals surface area contributed by atoms with Gasteiger partial charge in [-0.25, -0.2) is 14.4 Å². The van der Waals surface area contributed by atoms with Gasteiger partial charge in [-0.05, 0) is 24.6 Å². The zero-order valence-electron chi connectivity index (χ0n) is 19.5. The van der Waals surface area contributed by atoms with E-state index in [0.717, 1.165) is 17.7 Å². The highest BCUT2D eigenvalue weighted by Gasteiger charge is 2.38. The van der Waals surface area contributed by atoms with Crippen LogP contribution in [0.25, 0.3) is 5.95 Å². The number of nitrogens with zero attached hydrogens (tertiary/aromatic N) is 6. The standard InChI is InChI=1S/C25H20F4N6O2/c1-15-10-21-20(13-34(15)23(36)18-8-5-9-19(22(18)26)25(27,28)29)32-33-35(21)24-30-11-17(12-31-24)37-14-16-6-3-2-4-7-16/h2-9,11-12,15H,10,13-14H2,1H3. The predicted octanol–water partition coefficient (Wildman–Crippen LogP) is 4.38. The summed E-state index contributed by atoms with van der Waals surface area (Å²) in [5, 5.41) is 8.20. The number of carbonyl (C=O) groups is 1. The summed E-state index contributed by atoms with van der Waals surface area (Å²) in [6.07, 6.45) is -1.62. The van der Waals surface area contributed by atoms with E-state index < -0.39 is 35.1 Å². The molecule has 5 rings (SSSR count). The summed E-state index contributed by atoms with van der Waals surface area (Å²) in [5.41, 5.74) is -0.0594. The van der Waals surface area contributed by atoms with Crippen molar-refractivity contribution in [3.63, 3.8) is 0 Å². The SMILES string of the molecule is CC1Cc2c(nnn2-c2ncc(OCc3ccccc3)cn2)CN1C(=O)c1cccc(C(F)(F)F)c1F. The number of alkyl halides is 3. The van der Waals surface area contributed by atoms with Crippen LogP contribution in [0.4, 0.5) is 17.6 Å². The van der Waals surface area contributed by atoms with E-state index in [1.807, 2.05) is 30.3 Å². The molecule has 8 nitrogen and oxygen atoms in total. The molecule has 37 heavy (non-hydrogen) atoms. The number of amides is 1. The highest BCUT2D eigenvalue weighted by atomic mass is 19.4. The molecule has 0 N–H and O–H groups in total. The van der Waals surface area contributed by atoms with Gasteiger partial charge < -0.3 is 9.64 Å². The number of benzene rings is 2. The maximum atomic E-state index is 14.6. The zero-order valence-corrected chi connectivity index (χ0v) is 19.5. The Morgan fingerprint density at radius 1 is 1.08 bits per heavy atom. The van der Waals surface area contributed by atoms with Gasteiger partial charge >= 0.3 is 6.18 Å². The first-order valence-corrected chi connectivity index (χ1v) is 11.3. The Morgan fingerprint density at radius 3 is 2.51 bits per heavy atom. The number of carbonyl (C=O) groups excluding carboxylic acids is 1. The van der Waals surface area contributed by atoms with Crippen LogP contribution in [0, 0.1) is 5.82 Å². The topological polar surface area (TPSA) is 86.0 Å². The first-order chi connectivity index (χ1) is 17.7. The number of aromatic nitrogens is 5. The molecule has 12 heteroatoms. The van der Waals surface area contributed by atoms with Gasteiger partial charge in [0, 0.05) is 12.5 Å². The van der Waals surface area contributed by atoms with Crippen molar-refractivity contribution in [1.29, 1.82) is 0 Å². The van der Waals surface area contributed by atoms with Crippen LogP contribution in [0.15, 0.2) is 60.9 Å². The average molecular weight is 512 g/mol. The molecular weight excluding hydrogens is 492 g/mol. The maximum Gasteiger partial charge on any atom is 0.419 e. The lowest BCUT2D eigenvalue weighted by atomic mass is 10.0. The molecule has 190 valence electrons. The van der Waals surface area contributed by atoms with Crippen LogP contribution >= 0.6 is 0 Å². The average Bonchev–Trinajstić information content (AvgIpc) is 3.29. The second kappa shape index (κ2) is 9.60. The highest BCUT2D eigenvalue weighted by Crippen LogP contribution is 2.33. The summed E-state index contributed by atoms with van der Waals surface area (Å²) in [6.45, 7) is 2.02. The van der Waals surface area contributed by atoms with Crippen molar-refractivity contribution in [2.24, 2.45) is 0 Å². The fourth-order valence-corrected chi connectivity index (χ4v) is 4.10. The van der Waals surface area contributed by atoms with Crippen LogP contribution in [0.1, 0.15) is 39.8 Å². The summed E-state index contributed by atoms with van der Waals surface area (Å²) in [4.78, 5) is 22.9. The maximum absolute atomic E-state index is 14.6. The lowest BCUT2D eigenvalue weighted by molar-refractivity contribution is -0.140. The molecule has 0 spiro atoms. The molecule has 0 saturated heterocycles. The van der Waals surface area contributed by atoms with Gasteiger partial charge in [0.15, 0.2) is 5.75 Å². The van der Waals surface area contributed by atoms with Crippen LogP contribution in [0.5, 0.6) is 5.75 Å². The van der Waals surface area contributed by atoms with E-state index >= 15 is 0 Å². The summed E-state index contributed by atoms with van der Waals surface area (Å²) < 4.78 is 61.1. The zero-order chi connectivity index (χ0) is 26.2. The number of rotatable bonds is 5. The molecule has 1 atom stereocenters. The summed E-state index contributed by atoms with van der Waals surface area (Å²) in [5.74, 6) is -1.73. The normalized spacial score (nSPS) is 15.4. The number of fused-ring (bicyclic) bond motifs is 1. The Kier molecular flexibility index (Phi) is 6.32. The van der Waals surface area contributed by atoms with E-state index in [2.05, 4.69) is 20.3 Å². The van der Waals surface area contributed by atoms with Gasteiger partial charge in [-0.1, -0.05) is 41.6 Å². The third kappa shape index (κ3) is 4.86. The molecule has 4 aromatic rings. The van der Waals surface area contributed by atoms with E-state index in [1.165, 1.54) is 22.0 Å². The number of halogens is 4. The lowest BCUT2D eigenvalue weighted by Gasteiger charge is -2.33. The van der Waals surface area contributed by atoms with Crippen molar-refractivity contribution in [2.45, 2.75) is 38.7 Å².